The van der Waals surface area contributed by atoms with Crippen molar-refractivity contribution in [1.82, 2.24) is 5.32 Å². The zero-order valence-electron chi connectivity index (χ0n) is 12.3. The Morgan fingerprint density at radius 3 is 2.29 bits per heavy atom. The summed E-state index contributed by atoms with van der Waals surface area (Å²) in [5.74, 6) is -0.370. The van der Waals surface area contributed by atoms with Crippen LogP contribution in [0.3, 0.4) is 0 Å². The first-order valence-corrected chi connectivity index (χ1v) is 7.62. The van der Waals surface area contributed by atoms with Gasteiger partial charge in [-0.2, -0.15) is 0 Å². The van der Waals surface area contributed by atoms with Gasteiger partial charge in [0, 0.05) is 31.0 Å². The van der Waals surface area contributed by atoms with Crippen LogP contribution in [0.5, 0.6) is 0 Å². The van der Waals surface area contributed by atoms with E-state index in [0.29, 0.717) is 6.54 Å². The number of piperidine rings is 1. The fourth-order valence-corrected chi connectivity index (χ4v) is 2.95. The maximum absolute atomic E-state index is 11.9. The number of carbonyl (C=O) groups is 2. The van der Waals surface area contributed by atoms with Crippen LogP contribution < -0.4 is 15.1 Å². The number of hydrogen-bond acceptors (Lipinski definition) is 3. The van der Waals surface area contributed by atoms with Crippen molar-refractivity contribution < 1.29 is 9.59 Å². The summed E-state index contributed by atoms with van der Waals surface area (Å²) in [6.45, 7) is 4.48. The smallest absolute Gasteiger partial charge is 0.328 e. The molecule has 2 aliphatic rings. The van der Waals surface area contributed by atoms with Gasteiger partial charge in [0.15, 0.2) is 0 Å². The Kier molecular flexibility index (Phi) is 3.82. The highest BCUT2D eigenvalue weighted by Gasteiger charge is 2.29. The molecule has 0 aromatic heterocycles. The normalized spacial score (nSPS) is 23.2. The molecule has 2 saturated heterocycles. The predicted octanol–water partition coefficient (Wildman–Crippen LogP) is 2.37. The lowest BCUT2D eigenvalue weighted by atomic mass is 10.1. The van der Waals surface area contributed by atoms with Crippen LogP contribution in [0.1, 0.15) is 26.2 Å². The summed E-state index contributed by atoms with van der Waals surface area (Å²) < 4.78 is 0. The van der Waals surface area contributed by atoms with E-state index in [1.807, 2.05) is 19.1 Å². The number of benzene rings is 1. The Balaban J connectivity index is 1.74. The zero-order valence-corrected chi connectivity index (χ0v) is 12.3. The van der Waals surface area contributed by atoms with E-state index in [1.165, 1.54) is 24.9 Å². The van der Waals surface area contributed by atoms with Crippen LogP contribution in [0.15, 0.2) is 24.3 Å². The van der Waals surface area contributed by atoms with E-state index in [4.69, 9.17) is 0 Å². The van der Waals surface area contributed by atoms with Gasteiger partial charge in [-0.1, -0.05) is 6.92 Å². The molecule has 1 atom stereocenters. The van der Waals surface area contributed by atoms with Crippen LogP contribution in [0.2, 0.25) is 0 Å². The van der Waals surface area contributed by atoms with E-state index in [1.54, 1.807) is 4.90 Å². The fraction of sp³-hybridized carbons (Fsp3) is 0.500. The van der Waals surface area contributed by atoms with Gasteiger partial charge in [0.25, 0.3) is 0 Å². The molecule has 0 bridgehead atoms. The molecule has 0 saturated carbocycles. The predicted molar refractivity (Wildman–Crippen MR) is 82.6 cm³/mol. The van der Waals surface area contributed by atoms with Gasteiger partial charge in [0.05, 0.1) is 5.92 Å². The van der Waals surface area contributed by atoms with Crippen LogP contribution >= 0.6 is 0 Å². The van der Waals surface area contributed by atoms with Gasteiger partial charge in [-0.3, -0.25) is 15.0 Å². The summed E-state index contributed by atoms with van der Waals surface area (Å²) in [6.07, 6.45) is 3.81. The minimum Gasteiger partial charge on any atom is -0.372 e. The van der Waals surface area contributed by atoms with Crippen molar-refractivity contribution in [1.29, 1.82) is 0 Å². The summed E-state index contributed by atoms with van der Waals surface area (Å²) >= 11 is 0. The SMILES string of the molecule is CC1CN(c2ccc(N3CCCCC3)cc2)C(=O)NC1=O. The Hall–Kier alpha value is -2.04. The molecule has 0 radical (unpaired) electrons. The first kappa shape index (κ1) is 13.9. The number of rotatable bonds is 2. The Morgan fingerprint density at radius 2 is 1.62 bits per heavy atom. The Morgan fingerprint density at radius 1 is 1.00 bits per heavy atom. The minimum atomic E-state index is -0.330. The van der Waals surface area contributed by atoms with Gasteiger partial charge in [-0.05, 0) is 43.5 Å². The molecule has 21 heavy (non-hydrogen) atoms. The van der Waals surface area contributed by atoms with Crippen LogP contribution in [0, 0.1) is 5.92 Å². The highest BCUT2D eigenvalue weighted by atomic mass is 16.2. The molecule has 1 aromatic carbocycles. The van der Waals surface area contributed by atoms with E-state index in [-0.39, 0.29) is 17.9 Å². The monoisotopic (exact) mass is 287 g/mol. The number of urea groups is 1. The third-order valence-corrected chi connectivity index (χ3v) is 4.26. The number of amides is 3. The van der Waals surface area contributed by atoms with Crippen molar-refractivity contribution in [2.24, 2.45) is 5.92 Å². The Labute approximate surface area is 124 Å². The second kappa shape index (κ2) is 5.76. The van der Waals surface area contributed by atoms with Crippen molar-refractivity contribution in [2.45, 2.75) is 26.2 Å². The third-order valence-electron chi connectivity index (χ3n) is 4.26. The van der Waals surface area contributed by atoms with Crippen molar-refractivity contribution in [2.75, 3.05) is 29.4 Å². The first-order chi connectivity index (χ1) is 10.1. The summed E-state index contributed by atoms with van der Waals surface area (Å²) in [6, 6.07) is 7.73. The average molecular weight is 287 g/mol. The van der Waals surface area contributed by atoms with E-state index in [0.717, 1.165) is 18.8 Å². The first-order valence-electron chi connectivity index (χ1n) is 7.62. The molecule has 112 valence electrons. The van der Waals surface area contributed by atoms with E-state index in [2.05, 4.69) is 22.3 Å². The van der Waals surface area contributed by atoms with E-state index < -0.39 is 0 Å². The van der Waals surface area contributed by atoms with Gasteiger partial charge >= 0.3 is 6.03 Å². The van der Waals surface area contributed by atoms with Crippen LogP contribution in [-0.4, -0.2) is 31.6 Å². The maximum atomic E-state index is 11.9. The lowest BCUT2D eigenvalue weighted by Crippen LogP contribution is -2.53. The van der Waals surface area contributed by atoms with Gasteiger partial charge in [-0.15, -0.1) is 0 Å². The summed E-state index contributed by atoms with van der Waals surface area (Å²) in [4.78, 5) is 27.4. The molecular formula is C16H21N3O2. The molecule has 1 unspecified atom stereocenters. The molecule has 2 fully saturated rings. The van der Waals surface area contributed by atoms with Crippen molar-refractivity contribution in [3.05, 3.63) is 24.3 Å². The molecule has 2 heterocycles. The molecule has 2 aliphatic heterocycles. The van der Waals surface area contributed by atoms with Gasteiger partial charge < -0.3 is 4.90 Å². The number of carbonyl (C=O) groups excluding carboxylic acids is 2. The van der Waals surface area contributed by atoms with Gasteiger partial charge in [0.1, 0.15) is 0 Å². The van der Waals surface area contributed by atoms with Crippen LogP contribution in [0.25, 0.3) is 0 Å². The average Bonchev–Trinajstić information content (AvgIpc) is 2.52. The van der Waals surface area contributed by atoms with Crippen molar-refractivity contribution >= 4 is 23.3 Å². The van der Waals surface area contributed by atoms with E-state index in [9.17, 15) is 9.59 Å². The third kappa shape index (κ3) is 2.86. The molecular weight excluding hydrogens is 266 g/mol. The number of hydrogen-bond donors (Lipinski definition) is 1. The highest BCUT2D eigenvalue weighted by Crippen LogP contribution is 2.25. The molecule has 5 heteroatoms. The molecule has 0 aliphatic carbocycles. The highest BCUT2D eigenvalue weighted by molar-refractivity contribution is 6.06. The van der Waals surface area contributed by atoms with Gasteiger partial charge in [-0.25, -0.2) is 4.79 Å². The fourth-order valence-electron chi connectivity index (χ4n) is 2.95. The van der Waals surface area contributed by atoms with Crippen molar-refractivity contribution in [3.63, 3.8) is 0 Å². The zero-order chi connectivity index (χ0) is 14.8. The molecule has 5 nitrogen and oxygen atoms in total. The summed E-state index contributed by atoms with van der Waals surface area (Å²) in [5.41, 5.74) is 2.05. The second-order valence-corrected chi connectivity index (χ2v) is 5.87. The standard InChI is InChI=1S/C16H21N3O2/c1-12-11-19(16(21)17-15(12)20)14-7-5-13(6-8-14)18-9-3-2-4-10-18/h5-8,12H,2-4,9-11H2,1H3,(H,17,20,21). The number of anilines is 2. The topological polar surface area (TPSA) is 52.6 Å². The van der Waals surface area contributed by atoms with Crippen LogP contribution in [0.4, 0.5) is 16.2 Å². The maximum Gasteiger partial charge on any atom is 0.328 e. The largest absolute Gasteiger partial charge is 0.372 e. The van der Waals surface area contributed by atoms with Crippen molar-refractivity contribution in [3.8, 4) is 0 Å². The Bertz CT molecular complexity index is 535. The van der Waals surface area contributed by atoms with Crippen LogP contribution in [-0.2, 0) is 4.79 Å². The molecule has 1 aromatic rings. The summed E-state index contributed by atoms with van der Waals surface area (Å²) in [7, 11) is 0. The second-order valence-electron chi connectivity index (χ2n) is 5.87. The minimum absolute atomic E-state index is 0.176. The molecule has 3 amide bonds. The number of imide groups is 1. The molecule has 0 spiro atoms. The lowest BCUT2D eigenvalue weighted by molar-refractivity contribution is -0.123. The van der Waals surface area contributed by atoms with E-state index >= 15 is 0 Å². The number of nitrogens with zero attached hydrogens (tertiary/aromatic N) is 2. The lowest BCUT2D eigenvalue weighted by Gasteiger charge is -2.32. The van der Waals surface area contributed by atoms with Gasteiger partial charge in [0.2, 0.25) is 5.91 Å². The number of nitrogens with one attached hydrogen (secondary N) is 1. The molecule has 1 N–H and O–H groups in total. The molecule has 3 rings (SSSR count). The summed E-state index contributed by atoms with van der Waals surface area (Å²) in [5, 5.41) is 2.39. The quantitative estimate of drug-likeness (QED) is 0.908.